The molecule has 8 heteroatoms. The lowest BCUT2D eigenvalue weighted by Crippen LogP contribution is -2.46. The molecule has 0 saturated heterocycles. The highest BCUT2D eigenvalue weighted by atomic mass is 32.2. The van der Waals surface area contributed by atoms with Crippen LogP contribution in [0.1, 0.15) is 0 Å². The van der Waals surface area contributed by atoms with Crippen molar-refractivity contribution in [3.63, 3.8) is 0 Å². The zero-order valence-electron chi connectivity index (χ0n) is 11.1. The minimum absolute atomic E-state index is 0.0933. The molecule has 1 aliphatic carbocycles. The fourth-order valence-electron chi connectivity index (χ4n) is 2.25. The second-order valence-corrected chi connectivity index (χ2v) is 6.47. The molecule has 1 atom stereocenters. The molecule has 112 valence electrons. The molecule has 2 aliphatic rings. The van der Waals surface area contributed by atoms with Crippen molar-refractivity contribution in [1.82, 2.24) is 0 Å². The van der Waals surface area contributed by atoms with Crippen LogP contribution in [0.25, 0.3) is 0 Å². The van der Waals surface area contributed by atoms with Crippen LogP contribution < -0.4 is 4.90 Å². The second kappa shape index (κ2) is 5.24. The monoisotopic (exact) mass is 334 g/mol. The molecule has 3 rings (SSSR count). The molecular formula is C14H10N2O4S2. The van der Waals surface area contributed by atoms with E-state index < -0.39 is 16.0 Å². The van der Waals surface area contributed by atoms with E-state index in [1.807, 2.05) is 0 Å². The summed E-state index contributed by atoms with van der Waals surface area (Å²) in [5.41, 5.74) is 0.983. The molecule has 1 aliphatic heterocycles. The number of rotatable bonds is 2. The van der Waals surface area contributed by atoms with Crippen molar-refractivity contribution < 1.29 is 17.8 Å². The van der Waals surface area contributed by atoms with Crippen LogP contribution in [0.4, 0.5) is 5.69 Å². The van der Waals surface area contributed by atoms with E-state index in [9.17, 15) is 13.2 Å². The first-order valence-electron chi connectivity index (χ1n) is 6.27. The lowest BCUT2D eigenvalue weighted by molar-refractivity contribution is -0.118. The zero-order chi connectivity index (χ0) is 15.9. The molecule has 6 nitrogen and oxygen atoms in total. The van der Waals surface area contributed by atoms with Crippen LogP contribution in [0, 0.1) is 5.92 Å². The number of nitrogens with zero attached hydrogens (tertiary/aromatic N) is 2. The average Bonchev–Trinajstić information content (AvgIpc) is 2.47. The van der Waals surface area contributed by atoms with E-state index in [0.717, 1.165) is 0 Å². The van der Waals surface area contributed by atoms with Crippen molar-refractivity contribution >= 4 is 44.8 Å². The Kier molecular flexibility index (Phi) is 3.51. The Morgan fingerprint density at radius 2 is 1.86 bits per heavy atom. The van der Waals surface area contributed by atoms with Gasteiger partial charge in [-0.3, -0.25) is 14.2 Å². The van der Waals surface area contributed by atoms with Gasteiger partial charge in [0.2, 0.25) is 11.0 Å². The Bertz CT molecular complexity index is 851. The van der Waals surface area contributed by atoms with Crippen LogP contribution in [-0.4, -0.2) is 29.7 Å². The topological polar surface area (TPSA) is 87.0 Å². The molecular weight excluding hydrogens is 324 g/mol. The Morgan fingerprint density at radius 1 is 1.18 bits per heavy atom. The van der Waals surface area contributed by atoms with Crippen molar-refractivity contribution in [2.45, 2.75) is 4.90 Å². The molecule has 0 fully saturated rings. The molecule has 0 saturated carbocycles. The third kappa shape index (κ3) is 2.52. The predicted molar refractivity (Wildman–Crippen MR) is 85.5 cm³/mol. The third-order valence-corrected chi connectivity index (χ3v) is 4.44. The zero-order valence-corrected chi connectivity index (χ0v) is 12.7. The number of aliphatic imine (C=N–C) groups is 1. The minimum atomic E-state index is -4.28. The minimum Gasteiger partial charge on any atom is -0.282 e. The van der Waals surface area contributed by atoms with Crippen molar-refractivity contribution in [1.29, 1.82) is 0 Å². The van der Waals surface area contributed by atoms with E-state index in [2.05, 4.69) is 4.99 Å². The van der Waals surface area contributed by atoms with Crippen molar-refractivity contribution in [2.24, 2.45) is 10.9 Å². The summed E-state index contributed by atoms with van der Waals surface area (Å²) >= 11 is 5.15. The number of anilines is 1. The first-order chi connectivity index (χ1) is 10.4. The first-order valence-corrected chi connectivity index (χ1v) is 8.12. The Labute approximate surface area is 132 Å². The van der Waals surface area contributed by atoms with E-state index in [-0.39, 0.29) is 15.9 Å². The van der Waals surface area contributed by atoms with E-state index in [1.165, 1.54) is 29.2 Å². The normalized spacial score (nSPS) is 20.9. The van der Waals surface area contributed by atoms with Gasteiger partial charge in [0.25, 0.3) is 10.1 Å². The van der Waals surface area contributed by atoms with Crippen molar-refractivity contribution in [2.75, 3.05) is 4.90 Å². The molecule has 1 N–H and O–H groups in total. The summed E-state index contributed by atoms with van der Waals surface area (Å²) in [6, 6.07) is 5.21. The Morgan fingerprint density at radius 3 is 2.50 bits per heavy atom. The lowest BCUT2D eigenvalue weighted by Gasteiger charge is -2.30. The molecule has 1 unspecified atom stereocenters. The smallest absolute Gasteiger partial charge is 0.282 e. The average molecular weight is 334 g/mol. The Balaban J connectivity index is 2.00. The van der Waals surface area contributed by atoms with Gasteiger partial charge in [-0.15, -0.1) is 0 Å². The van der Waals surface area contributed by atoms with Gasteiger partial charge in [-0.25, -0.2) is 4.99 Å². The third-order valence-electron chi connectivity index (χ3n) is 3.30. The van der Waals surface area contributed by atoms with Gasteiger partial charge >= 0.3 is 0 Å². The maximum Gasteiger partial charge on any atom is 0.294 e. The van der Waals surface area contributed by atoms with Crippen LogP contribution in [0.5, 0.6) is 0 Å². The highest BCUT2D eigenvalue weighted by Crippen LogP contribution is 2.26. The number of allylic oxidation sites excluding steroid dienone is 3. The second-order valence-electron chi connectivity index (χ2n) is 4.68. The van der Waals surface area contributed by atoms with E-state index in [0.29, 0.717) is 11.4 Å². The molecule has 1 amide bonds. The van der Waals surface area contributed by atoms with Gasteiger partial charge in [-0.1, -0.05) is 18.2 Å². The standard InChI is InChI=1S/C14H10N2O4S2/c17-13-11-3-1-2-4-12(11)15-14(21)16(13)9-5-7-10(8-6-9)22(18,19)20/h1-8,11H,(H,18,19,20). The molecule has 0 spiro atoms. The van der Waals surface area contributed by atoms with Gasteiger partial charge in [0, 0.05) is 0 Å². The maximum atomic E-state index is 12.6. The summed E-state index contributed by atoms with van der Waals surface area (Å²) in [6.45, 7) is 0. The fourth-order valence-corrected chi connectivity index (χ4v) is 3.03. The van der Waals surface area contributed by atoms with Gasteiger partial charge in [0.15, 0.2) is 0 Å². The molecule has 0 aromatic heterocycles. The molecule has 1 aromatic carbocycles. The van der Waals surface area contributed by atoms with Gasteiger partial charge in [-0.05, 0) is 42.6 Å². The number of carbonyl (C=O) groups is 1. The molecule has 1 aromatic rings. The summed E-state index contributed by atoms with van der Waals surface area (Å²) in [6.07, 6.45) is 6.99. The fraction of sp³-hybridized carbons (Fsp3) is 0.0714. The molecule has 0 bridgehead atoms. The van der Waals surface area contributed by atoms with Gasteiger partial charge < -0.3 is 0 Å². The number of hydrogen-bond donors (Lipinski definition) is 1. The van der Waals surface area contributed by atoms with Crippen molar-refractivity contribution in [3.8, 4) is 0 Å². The van der Waals surface area contributed by atoms with Crippen LogP contribution >= 0.6 is 12.2 Å². The van der Waals surface area contributed by atoms with Crippen LogP contribution in [-0.2, 0) is 14.9 Å². The highest BCUT2D eigenvalue weighted by molar-refractivity contribution is 7.85. The summed E-state index contributed by atoms with van der Waals surface area (Å²) in [4.78, 5) is 17.8. The number of fused-ring (bicyclic) bond motifs is 1. The molecule has 0 radical (unpaired) electrons. The summed E-state index contributed by atoms with van der Waals surface area (Å²) in [5.74, 6) is -0.756. The van der Waals surface area contributed by atoms with Gasteiger partial charge in [-0.2, -0.15) is 8.42 Å². The SMILES string of the molecule is O=C1C2C=CC=CC2=NC(=S)N1c1ccc(S(=O)(=O)O)cc1. The van der Waals surface area contributed by atoms with Crippen molar-refractivity contribution in [3.05, 3.63) is 48.6 Å². The number of benzene rings is 1. The number of carbonyl (C=O) groups excluding carboxylic acids is 1. The van der Waals surface area contributed by atoms with Crippen LogP contribution in [0.15, 0.2) is 58.5 Å². The molecule has 1 heterocycles. The maximum absolute atomic E-state index is 12.6. The summed E-state index contributed by atoms with van der Waals surface area (Å²) in [7, 11) is -4.28. The lowest BCUT2D eigenvalue weighted by atomic mass is 9.95. The largest absolute Gasteiger partial charge is 0.294 e. The number of amides is 1. The summed E-state index contributed by atoms with van der Waals surface area (Å²) < 4.78 is 31.1. The van der Waals surface area contributed by atoms with Gasteiger partial charge in [0.05, 0.1) is 22.2 Å². The predicted octanol–water partition coefficient (Wildman–Crippen LogP) is 1.75. The van der Waals surface area contributed by atoms with E-state index >= 15 is 0 Å². The van der Waals surface area contributed by atoms with Crippen LogP contribution in [0.2, 0.25) is 0 Å². The van der Waals surface area contributed by atoms with Crippen LogP contribution in [0.3, 0.4) is 0 Å². The molecule has 22 heavy (non-hydrogen) atoms. The number of hydrogen-bond acceptors (Lipinski definition) is 4. The Hall–Kier alpha value is -2.16. The van der Waals surface area contributed by atoms with E-state index in [4.69, 9.17) is 16.8 Å². The number of thiocarbonyl (C=S) groups is 1. The quantitative estimate of drug-likeness (QED) is 0.658. The van der Waals surface area contributed by atoms with Gasteiger partial charge in [0.1, 0.15) is 0 Å². The summed E-state index contributed by atoms with van der Waals surface area (Å²) in [5, 5.41) is 0.0933. The highest BCUT2D eigenvalue weighted by Gasteiger charge is 2.34. The first kappa shape index (κ1) is 14.8. The van der Waals surface area contributed by atoms with E-state index in [1.54, 1.807) is 24.3 Å².